The van der Waals surface area contributed by atoms with Crippen LogP contribution in [-0.4, -0.2) is 29.4 Å². The van der Waals surface area contributed by atoms with E-state index >= 15 is 0 Å². The van der Waals surface area contributed by atoms with Gasteiger partial charge in [0.25, 0.3) is 5.91 Å². The summed E-state index contributed by atoms with van der Waals surface area (Å²) in [6.07, 6.45) is 1.71. The van der Waals surface area contributed by atoms with Crippen LogP contribution in [-0.2, 0) is 4.79 Å². The number of rotatable bonds is 1. The normalized spacial score (nSPS) is 21.9. The summed E-state index contributed by atoms with van der Waals surface area (Å²) in [5.41, 5.74) is 0.701. The van der Waals surface area contributed by atoms with Crippen molar-refractivity contribution in [3.63, 3.8) is 0 Å². The molecule has 0 saturated carbocycles. The molecule has 1 unspecified atom stereocenters. The third kappa shape index (κ3) is 1.42. The summed E-state index contributed by atoms with van der Waals surface area (Å²) in [6, 6.07) is 13.1. The van der Waals surface area contributed by atoms with Gasteiger partial charge in [-0.25, -0.2) is 9.69 Å². The molecule has 100 valence electrons. The van der Waals surface area contributed by atoms with Crippen LogP contribution in [0.25, 0.3) is 10.8 Å². The zero-order valence-electron chi connectivity index (χ0n) is 11.0. The highest BCUT2D eigenvalue weighted by Crippen LogP contribution is 2.34. The number of hydrogen-bond acceptors (Lipinski definition) is 2. The molecule has 4 nitrogen and oxygen atoms in total. The average molecular weight is 266 g/mol. The van der Waals surface area contributed by atoms with E-state index in [1.807, 2.05) is 42.5 Å². The molecule has 0 aromatic heterocycles. The Hall–Kier alpha value is -2.36. The lowest BCUT2D eigenvalue weighted by atomic mass is 10.1. The number of amides is 3. The second kappa shape index (κ2) is 4.07. The third-order valence-corrected chi connectivity index (χ3v) is 4.20. The predicted molar refractivity (Wildman–Crippen MR) is 76.6 cm³/mol. The summed E-state index contributed by atoms with van der Waals surface area (Å²) >= 11 is 0. The molecule has 0 bridgehead atoms. The minimum atomic E-state index is -0.249. The van der Waals surface area contributed by atoms with E-state index in [4.69, 9.17) is 0 Å². The van der Waals surface area contributed by atoms with Gasteiger partial charge in [0.15, 0.2) is 0 Å². The molecule has 2 aliphatic heterocycles. The second-order valence-electron chi connectivity index (χ2n) is 5.31. The monoisotopic (exact) mass is 266 g/mol. The zero-order valence-corrected chi connectivity index (χ0v) is 11.0. The Morgan fingerprint density at radius 1 is 1.00 bits per heavy atom. The van der Waals surface area contributed by atoms with Gasteiger partial charge in [0, 0.05) is 11.9 Å². The zero-order chi connectivity index (χ0) is 13.7. The van der Waals surface area contributed by atoms with Crippen molar-refractivity contribution < 1.29 is 9.59 Å². The summed E-state index contributed by atoms with van der Waals surface area (Å²) in [5.74, 6) is -0.0798. The van der Waals surface area contributed by atoms with E-state index in [0.717, 1.165) is 23.6 Å². The van der Waals surface area contributed by atoms with Gasteiger partial charge in [0.2, 0.25) is 0 Å². The molecule has 4 rings (SSSR count). The first kappa shape index (κ1) is 11.5. The summed E-state index contributed by atoms with van der Waals surface area (Å²) in [6.45, 7) is 0.691. The fraction of sp³-hybridized carbons (Fsp3) is 0.250. The van der Waals surface area contributed by atoms with Crippen molar-refractivity contribution in [1.29, 1.82) is 0 Å². The lowest BCUT2D eigenvalue weighted by Crippen LogP contribution is -2.33. The molecule has 0 spiro atoms. The van der Waals surface area contributed by atoms with Gasteiger partial charge in [-0.15, -0.1) is 0 Å². The van der Waals surface area contributed by atoms with Crippen molar-refractivity contribution >= 4 is 28.4 Å². The quantitative estimate of drug-likeness (QED) is 0.745. The molecule has 2 saturated heterocycles. The van der Waals surface area contributed by atoms with Crippen LogP contribution >= 0.6 is 0 Å². The maximum Gasteiger partial charge on any atom is 0.332 e. The molecule has 20 heavy (non-hydrogen) atoms. The molecule has 2 fully saturated rings. The second-order valence-corrected chi connectivity index (χ2v) is 5.31. The first-order chi connectivity index (χ1) is 9.77. The molecular weight excluding hydrogens is 252 g/mol. The van der Waals surface area contributed by atoms with Crippen molar-refractivity contribution in [1.82, 2.24) is 4.90 Å². The number of benzene rings is 2. The largest absolute Gasteiger partial charge is 0.332 e. The third-order valence-electron chi connectivity index (χ3n) is 4.20. The van der Waals surface area contributed by atoms with Gasteiger partial charge >= 0.3 is 6.03 Å². The van der Waals surface area contributed by atoms with E-state index in [1.165, 1.54) is 4.90 Å². The van der Waals surface area contributed by atoms with Crippen LogP contribution < -0.4 is 4.90 Å². The number of hydrogen-bond donors (Lipinski definition) is 0. The highest BCUT2D eigenvalue weighted by atomic mass is 16.2. The molecule has 2 aromatic carbocycles. The number of anilines is 1. The van der Waals surface area contributed by atoms with Crippen LogP contribution in [0.2, 0.25) is 0 Å². The Bertz CT molecular complexity index is 698. The van der Waals surface area contributed by atoms with Crippen LogP contribution in [0.5, 0.6) is 0 Å². The number of carbonyl (C=O) groups excluding carboxylic acids is 2. The molecule has 3 amide bonds. The minimum Gasteiger partial charge on any atom is -0.312 e. The Morgan fingerprint density at radius 3 is 2.65 bits per heavy atom. The van der Waals surface area contributed by atoms with Crippen LogP contribution in [0.1, 0.15) is 12.8 Å². The Kier molecular flexibility index (Phi) is 2.33. The van der Waals surface area contributed by atoms with E-state index < -0.39 is 0 Å². The first-order valence-electron chi connectivity index (χ1n) is 6.90. The number of fused-ring (bicyclic) bond motifs is 2. The molecule has 2 heterocycles. The van der Waals surface area contributed by atoms with Crippen molar-refractivity contribution in [3.05, 3.63) is 42.5 Å². The van der Waals surface area contributed by atoms with E-state index in [0.29, 0.717) is 12.2 Å². The molecule has 0 N–H and O–H groups in total. The molecule has 0 radical (unpaired) electrons. The Balaban J connectivity index is 1.88. The van der Waals surface area contributed by atoms with E-state index in [-0.39, 0.29) is 18.0 Å². The predicted octanol–water partition coefficient (Wildman–Crippen LogP) is 2.77. The van der Waals surface area contributed by atoms with Crippen molar-refractivity contribution in [3.8, 4) is 0 Å². The van der Waals surface area contributed by atoms with Crippen LogP contribution in [0.3, 0.4) is 0 Å². The Morgan fingerprint density at radius 2 is 1.80 bits per heavy atom. The summed E-state index contributed by atoms with van der Waals surface area (Å²) in [5, 5.41) is 1.98. The van der Waals surface area contributed by atoms with Gasteiger partial charge in [-0.2, -0.15) is 0 Å². The smallest absolute Gasteiger partial charge is 0.312 e. The van der Waals surface area contributed by atoms with Crippen molar-refractivity contribution in [2.24, 2.45) is 0 Å². The Labute approximate surface area is 116 Å². The lowest BCUT2D eigenvalue weighted by Gasteiger charge is -2.17. The summed E-state index contributed by atoms with van der Waals surface area (Å²) < 4.78 is 0. The molecule has 2 aliphatic rings. The van der Waals surface area contributed by atoms with Gasteiger partial charge in [0.05, 0.1) is 5.69 Å². The number of carbonyl (C=O) groups is 2. The van der Waals surface area contributed by atoms with Crippen LogP contribution in [0.15, 0.2) is 42.5 Å². The number of urea groups is 1. The minimum absolute atomic E-state index is 0.0798. The topological polar surface area (TPSA) is 40.6 Å². The van der Waals surface area contributed by atoms with E-state index in [1.54, 1.807) is 4.90 Å². The molecule has 1 atom stereocenters. The van der Waals surface area contributed by atoms with Crippen molar-refractivity contribution in [2.45, 2.75) is 18.9 Å². The average Bonchev–Trinajstić information content (AvgIpc) is 3.04. The molecule has 2 aromatic rings. The fourth-order valence-corrected chi connectivity index (χ4v) is 3.25. The van der Waals surface area contributed by atoms with Gasteiger partial charge < -0.3 is 4.90 Å². The maximum absolute atomic E-state index is 12.5. The standard InChI is InChI=1S/C16H14N2O2/c19-15-14-9-4-10-17(14)16(20)18(15)13-8-3-6-11-5-1-2-7-12(11)13/h1-3,5-8,14H,4,9-10H2. The van der Waals surface area contributed by atoms with E-state index in [9.17, 15) is 9.59 Å². The molecule has 4 heteroatoms. The lowest BCUT2D eigenvalue weighted by molar-refractivity contribution is -0.119. The molecule has 0 aliphatic carbocycles. The van der Waals surface area contributed by atoms with Crippen LogP contribution in [0, 0.1) is 0 Å². The fourth-order valence-electron chi connectivity index (χ4n) is 3.25. The SMILES string of the molecule is O=C1C2CCCN2C(=O)N1c1cccc2ccccc12. The van der Waals surface area contributed by atoms with Gasteiger partial charge in [0.1, 0.15) is 6.04 Å². The first-order valence-corrected chi connectivity index (χ1v) is 6.90. The highest BCUT2D eigenvalue weighted by Gasteiger charge is 2.48. The van der Waals surface area contributed by atoms with Crippen LogP contribution in [0.4, 0.5) is 10.5 Å². The summed E-state index contributed by atoms with van der Waals surface area (Å²) in [4.78, 5) is 28.0. The number of nitrogens with zero attached hydrogens (tertiary/aromatic N) is 2. The molecular formula is C16H14N2O2. The van der Waals surface area contributed by atoms with Crippen molar-refractivity contribution in [2.75, 3.05) is 11.4 Å². The highest BCUT2D eigenvalue weighted by molar-refractivity contribution is 6.24. The van der Waals surface area contributed by atoms with Gasteiger partial charge in [-0.1, -0.05) is 36.4 Å². The number of imide groups is 1. The maximum atomic E-state index is 12.5. The van der Waals surface area contributed by atoms with E-state index in [2.05, 4.69) is 0 Å². The van der Waals surface area contributed by atoms with Gasteiger partial charge in [-0.05, 0) is 24.3 Å². The van der Waals surface area contributed by atoms with Gasteiger partial charge in [-0.3, -0.25) is 4.79 Å². The summed E-state index contributed by atoms with van der Waals surface area (Å²) in [7, 11) is 0.